The summed E-state index contributed by atoms with van der Waals surface area (Å²) < 4.78 is 12.7. The van der Waals surface area contributed by atoms with Crippen molar-refractivity contribution >= 4 is 46.1 Å². The Bertz CT molecular complexity index is 1960. The smallest absolute Gasteiger partial charge is 0.338 e. The summed E-state index contributed by atoms with van der Waals surface area (Å²) in [6, 6.07) is 21.2. The van der Waals surface area contributed by atoms with E-state index in [9.17, 15) is 14.4 Å². The van der Waals surface area contributed by atoms with E-state index in [0.717, 1.165) is 22.6 Å². The molecule has 0 radical (unpaired) electrons. The molecular formula is C32H26ClN3O5S. The van der Waals surface area contributed by atoms with Crippen LogP contribution in [0.3, 0.4) is 0 Å². The molecule has 0 fully saturated rings. The number of fused-ring (bicyclic) bond motifs is 2. The molecule has 0 saturated carbocycles. The molecule has 1 amide bonds. The third kappa shape index (κ3) is 4.55. The van der Waals surface area contributed by atoms with E-state index in [4.69, 9.17) is 21.1 Å². The fraction of sp³-hybridized carbons (Fsp3) is 0.188. The summed E-state index contributed by atoms with van der Waals surface area (Å²) in [6.45, 7) is 3.91. The number of anilines is 1. The van der Waals surface area contributed by atoms with Crippen molar-refractivity contribution in [3.05, 3.63) is 125 Å². The number of carbonyl (C=O) groups excluding carboxylic acids is 2. The SMILES string of the molecule is CCOC(=O)C1=C(C)N=c2s/c(=C3/C(=O)N(Cc4ccccc4)c4ccccc43)c(=O)n2[C@H]1c1cc(Cl)ccc1OC. The van der Waals surface area contributed by atoms with Crippen LogP contribution in [0.5, 0.6) is 5.75 Å². The van der Waals surface area contributed by atoms with Crippen LogP contribution < -0.4 is 24.5 Å². The van der Waals surface area contributed by atoms with Crippen molar-refractivity contribution < 1.29 is 19.1 Å². The zero-order chi connectivity index (χ0) is 29.5. The minimum Gasteiger partial charge on any atom is -0.496 e. The quantitative estimate of drug-likeness (QED) is 0.307. The number of carbonyl (C=O) groups is 2. The number of thiazole rings is 1. The summed E-state index contributed by atoms with van der Waals surface area (Å²) in [6.07, 6.45) is 0. The number of hydrogen-bond acceptors (Lipinski definition) is 7. The summed E-state index contributed by atoms with van der Waals surface area (Å²) in [5.74, 6) is -0.431. The Kier molecular flexibility index (Phi) is 7.30. The number of esters is 1. The second-order valence-corrected chi connectivity index (χ2v) is 11.2. The normalized spacial score (nSPS) is 17.1. The van der Waals surface area contributed by atoms with Crippen LogP contribution >= 0.6 is 22.9 Å². The first-order valence-corrected chi connectivity index (χ1v) is 14.5. The standard InChI is InChI=1S/C32H26ClN3O5S/c1-4-41-31(39)25-18(2)34-32-36(27(25)22-16-20(33)14-15-24(22)40-3)30(38)28(42-32)26-21-12-8-9-13-23(21)35(29(26)37)17-19-10-6-5-7-11-19/h5-16,27H,4,17H2,1-3H3/b28-26+/t27-/m0/s1. The van der Waals surface area contributed by atoms with Gasteiger partial charge in [0.25, 0.3) is 11.5 Å². The van der Waals surface area contributed by atoms with Crippen molar-refractivity contribution in [2.75, 3.05) is 18.6 Å². The van der Waals surface area contributed by atoms with E-state index in [1.165, 1.54) is 11.7 Å². The fourth-order valence-electron chi connectivity index (χ4n) is 5.48. The van der Waals surface area contributed by atoms with Crippen molar-refractivity contribution in [2.45, 2.75) is 26.4 Å². The number of ether oxygens (including phenoxy) is 2. The van der Waals surface area contributed by atoms with Gasteiger partial charge in [-0.15, -0.1) is 0 Å². The van der Waals surface area contributed by atoms with Gasteiger partial charge in [-0.05, 0) is 43.7 Å². The molecule has 0 aliphatic carbocycles. The van der Waals surface area contributed by atoms with Gasteiger partial charge in [0, 0.05) is 16.1 Å². The Morgan fingerprint density at radius 2 is 1.79 bits per heavy atom. The molecule has 8 nitrogen and oxygen atoms in total. The minimum absolute atomic E-state index is 0.145. The fourth-order valence-corrected chi connectivity index (χ4v) is 6.79. The van der Waals surface area contributed by atoms with Crippen LogP contribution in [0.25, 0.3) is 5.57 Å². The second kappa shape index (κ2) is 11.1. The van der Waals surface area contributed by atoms with Gasteiger partial charge >= 0.3 is 5.97 Å². The first kappa shape index (κ1) is 27.7. The summed E-state index contributed by atoms with van der Waals surface area (Å²) in [5.41, 5.74) is 3.33. The van der Waals surface area contributed by atoms with E-state index >= 15 is 0 Å². The lowest BCUT2D eigenvalue weighted by atomic mass is 9.95. The molecule has 0 bridgehead atoms. The third-order valence-electron chi connectivity index (χ3n) is 7.31. The predicted molar refractivity (Wildman–Crippen MR) is 161 cm³/mol. The number of allylic oxidation sites excluding steroid dienone is 1. The van der Waals surface area contributed by atoms with Crippen LogP contribution in [-0.4, -0.2) is 30.2 Å². The van der Waals surface area contributed by atoms with Crippen LogP contribution in [0.2, 0.25) is 5.02 Å². The van der Waals surface area contributed by atoms with Crippen molar-refractivity contribution in [3.8, 4) is 5.75 Å². The molecule has 0 spiro atoms. The van der Waals surface area contributed by atoms with E-state index in [-0.39, 0.29) is 22.6 Å². The Morgan fingerprint density at radius 3 is 2.52 bits per heavy atom. The van der Waals surface area contributed by atoms with Gasteiger partial charge in [-0.25, -0.2) is 9.79 Å². The monoisotopic (exact) mass is 599 g/mol. The van der Waals surface area contributed by atoms with E-state index in [1.54, 1.807) is 36.9 Å². The zero-order valence-electron chi connectivity index (χ0n) is 23.1. The molecule has 2 aliphatic heterocycles. The summed E-state index contributed by atoms with van der Waals surface area (Å²) in [5, 5.41) is 0.407. The number of amides is 1. The van der Waals surface area contributed by atoms with Crippen LogP contribution in [0.15, 0.2) is 93.9 Å². The van der Waals surface area contributed by atoms with Crippen molar-refractivity contribution in [2.24, 2.45) is 4.99 Å². The molecule has 6 rings (SSSR count). The maximum atomic E-state index is 14.4. The first-order valence-electron chi connectivity index (χ1n) is 13.3. The Labute approximate surface area is 250 Å². The molecule has 4 aromatic rings. The Morgan fingerprint density at radius 1 is 1.05 bits per heavy atom. The zero-order valence-corrected chi connectivity index (χ0v) is 24.7. The highest BCUT2D eigenvalue weighted by molar-refractivity contribution is 7.07. The number of benzene rings is 3. The number of nitrogens with zero attached hydrogens (tertiary/aromatic N) is 3. The number of aromatic nitrogens is 1. The molecule has 10 heteroatoms. The van der Waals surface area contributed by atoms with Gasteiger partial charge in [0.2, 0.25) is 0 Å². The first-order chi connectivity index (χ1) is 20.3. The van der Waals surface area contributed by atoms with E-state index in [0.29, 0.717) is 44.5 Å². The Balaban J connectivity index is 1.61. The molecular weight excluding hydrogens is 574 g/mol. The van der Waals surface area contributed by atoms with Crippen molar-refractivity contribution in [3.63, 3.8) is 0 Å². The topological polar surface area (TPSA) is 90.2 Å². The Hall–Kier alpha value is -4.47. The van der Waals surface area contributed by atoms with E-state index in [2.05, 4.69) is 4.99 Å². The van der Waals surface area contributed by atoms with Crippen LogP contribution in [0.1, 0.15) is 36.6 Å². The van der Waals surface area contributed by atoms with Crippen LogP contribution in [0, 0.1) is 0 Å². The van der Waals surface area contributed by atoms with Gasteiger partial charge in [0.15, 0.2) is 4.80 Å². The molecule has 0 unspecified atom stereocenters. The number of rotatable bonds is 6. The van der Waals surface area contributed by atoms with Gasteiger partial charge in [0.05, 0.1) is 42.8 Å². The lowest BCUT2D eigenvalue weighted by Gasteiger charge is -2.26. The van der Waals surface area contributed by atoms with Crippen LogP contribution in [0.4, 0.5) is 5.69 Å². The molecule has 0 N–H and O–H groups in total. The summed E-state index contributed by atoms with van der Waals surface area (Å²) >= 11 is 7.52. The van der Waals surface area contributed by atoms with Gasteiger partial charge < -0.3 is 14.4 Å². The number of para-hydroxylation sites is 1. The third-order valence-corrected chi connectivity index (χ3v) is 8.60. The van der Waals surface area contributed by atoms with Gasteiger partial charge in [-0.1, -0.05) is 71.5 Å². The van der Waals surface area contributed by atoms with Crippen LogP contribution in [-0.2, 0) is 20.9 Å². The maximum Gasteiger partial charge on any atom is 0.338 e. The van der Waals surface area contributed by atoms with Gasteiger partial charge in [-0.3, -0.25) is 14.2 Å². The summed E-state index contributed by atoms with van der Waals surface area (Å²) in [4.78, 5) is 48.4. The molecule has 0 saturated heterocycles. The van der Waals surface area contributed by atoms with Crippen molar-refractivity contribution in [1.29, 1.82) is 0 Å². The summed E-state index contributed by atoms with van der Waals surface area (Å²) in [7, 11) is 1.51. The average molecular weight is 600 g/mol. The number of halogens is 1. The molecule has 3 aromatic carbocycles. The largest absolute Gasteiger partial charge is 0.496 e. The number of methoxy groups -OCH3 is 1. The molecule has 1 atom stereocenters. The molecule has 42 heavy (non-hydrogen) atoms. The molecule has 2 aliphatic rings. The highest BCUT2D eigenvalue weighted by Crippen LogP contribution is 2.38. The highest BCUT2D eigenvalue weighted by Gasteiger charge is 2.38. The lowest BCUT2D eigenvalue weighted by molar-refractivity contribution is -0.139. The van der Waals surface area contributed by atoms with E-state index in [1.807, 2.05) is 54.6 Å². The van der Waals surface area contributed by atoms with Gasteiger partial charge in [0.1, 0.15) is 16.3 Å². The molecule has 1 aromatic heterocycles. The molecule has 3 heterocycles. The predicted octanol–water partition coefficient (Wildman–Crippen LogP) is 4.38. The van der Waals surface area contributed by atoms with E-state index < -0.39 is 17.6 Å². The molecule has 212 valence electrons. The maximum absolute atomic E-state index is 14.4. The average Bonchev–Trinajstić information content (AvgIpc) is 3.45. The number of hydrogen-bond donors (Lipinski definition) is 0. The lowest BCUT2D eigenvalue weighted by Crippen LogP contribution is -2.41. The highest BCUT2D eigenvalue weighted by atomic mass is 35.5. The van der Waals surface area contributed by atoms with Gasteiger partial charge in [-0.2, -0.15) is 0 Å². The van der Waals surface area contributed by atoms with Crippen molar-refractivity contribution in [1.82, 2.24) is 4.57 Å². The second-order valence-electron chi connectivity index (χ2n) is 9.78. The minimum atomic E-state index is -0.935.